The number of aromatic hydroxyl groups is 1. The highest BCUT2D eigenvalue weighted by atomic mass is 19.4. The molecule has 0 saturated heterocycles. The minimum absolute atomic E-state index is 0.523. The van der Waals surface area contributed by atoms with Gasteiger partial charge in [0, 0.05) is 0 Å². The number of aliphatic hydroxyl groups is 1. The first-order chi connectivity index (χ1) is 7.27. The molecular weight excluding hydrogens is 237 g/mol. The van der Waals surface area contributed by atoms with E-state index in [1.165, 1.54) is 0 Å². The van der Waals surface area contributed by atoms with Crippen molar-refractivity contribution in [3.63, 3.8) is 0 Å². The number of hydrogen-bond donors (Lipinski definition) is 2. The van der Waals surface area contributed by atoms with Gasteiger partial charge in [0.25, 0.3) is 6.43 Å². The Kier molecular flexibility index (Phi) is 3.32. The van der Waals surface area contributed by atoms with E-state index in [0.717, 1.165) is 0 Å². The largest absolute Gasteiger partial charge is 0.505 e. The Morgan fingerprint density at radius 1 is 1.31 bits per heavy atom. The van der Waals surface area contributed by atoms with Crippen molar-refractivity contribution in [3.8, 4) is 5.75 Å². The summed E-state index contributed by atoms with van der Waals surface area (Å²) in [7, 11) is 0. The highest BCUT2D eigenvalue weighted by Gasteiger charge is 2.38. The van der Waals surface area contributed by atoms with E-state index in [1.807, 2.05) is 0 Å². The van der Waals surface area contributed by atoms with Gasteiger partial charge < -0.3 is 10.2 Å². The number of aliphatic hydroxyl groups excluding tert-OH is 1. The van der Waals surface area contributed by atoms with Crippen molar-refractivity contribution in [2.24, 2.45) is 0 Å². The Hall–Kier alpha value is -1.44. The number of aromatic nitrogens is 1. The van der Waals surface area contributed by atoms with Crippen LogP contribution in [0.3, 0.4) is 0 Å². The number of rotatable bonds is 2. The first kappa shape index (κ1) is 12.6. The summed E-state index contributed by atoms with van der Waals surface area (Å²) in [5.41, 5.74) is -3.61. The molecule has 90 valence electrons. The van der Waals surface area contributed by atoms with Gasteiger partial charge in [0.1, 0.15) is 0 Å². The third kappa shape index (κ3) is 2.38. The molecule has 1 aromatic rings. The Morgan fingerprint density at radius 3 is 2.25 bits per heavy atom. The predicted octanol–water partition coefficient (Wildman–Crippen LogP) is 2.24. The van der Waals surface area contributed by atoms with E-state index in [1.54, 1.807) is 0 Å². The van der Waals surface area contributed by atoms with E-state index in [0.29, 0.717) is 6.07 Å². The maximum absolute atomic E-state index is 12.3. The SMILES string of the molecule is OCc1cc(C(F)F)c(O)c(C(F)(F)F)n1. The normalized spacial score (nSPS) is 12.2. The Labute approximate surface area is 86.2 Å². The molecule has 2 N–H and O–H groups in total. The third-order valence-corrected chi connectivity index (χ3v) is 1.74. The van der Waals surface area contributed by atoms with Crippen molar-refractivity contribution in [1.82, 2.24) is 4.98 Å². The smallest absolute Gasteiger partial charge is 0.437 e. The summed E-state index contributed by atoms with van der Waals surface area (Å²) in [5.74, 6) is -1.61. The van der Waals surface area contributed by atoms with Crippen molar-refractivity contribution in [2.75, 3.05) is 0 Å². The Morgan fingerprint density at radius 2 is 1.88 bits per heavy atom. The monoisotopic (exact) mass is 243 g/mol. The molecule has 16 heavy (non-hydrogen) atoms. The molecule has 0 fully saturated rings. The van der Waals surface area contributed by atoms with Gasteiger partial charge in [0.15, 0.2) is 11.4 Å². The second-order valence-corrected chi connectivity index (χ2v) is 2.86. The molecule has 0 aromatic carbocycles. The summed E-state index contributed by atoms with van der Waals surface area (Å²) in [6.07, 6.45) is -8.34. The average Bonchev–Trinajstić information content (AvgIpc) is 2.15. The first-order valence-corrected chi connectivity index (χ1v) is 3.96. The van der Waals surface area contributed by atoms with Crippen LogP contribution < -0.4 is 0 Å². The van der Waals surface area contributed by atoms with Gasteiger partial charge in [-0.15, -0.1) is 0 Å². The van der Waals surface area contributed by atoms with Crippen molar-refractivity contribution < 1.29 is 32.2 Å². The molecule has 8 heteroatoms. The molecule has 0 bridgehead atoms. The molecule has 0 aliphatic carbocycles. The summed E-state index contributed by atoms with van der Waals surface area (Å²) in [6.45, 7) is -0.927. The quantitative estimate of drug-likeness (QED) is 0.783. The Bertz CT molecular complexity index is 391. The van der Waals surface area contributed by atoms with Gasteiger partial charge in [0.05, 0.1) is 17.9 Å². The van der Waals surface area contributed by atoms with Gasteiger partial charge in [0.2, 0.25) is 0 Å². The standard InChI is InChI=1S/C8H6F5NO2/c9-7(10)4-1-3(2-15)14-6(5(4)16)8(11,12)13/h1,7,15-16H,2H2. The van der Waals surface area contributed by atoms with Crippen LogP contribution in [-0.2, 0) is 12.8 Å². The van der Waals surface area contributed by atoms with Crippen LogP contribution in [0.15, 0.2) is 6.07 Å². The van der Waals surface area contributed by atoms with E-state index < -0.39 is 41.9 Å². The second-order valence-electron chi connectivity index (χ2n) is 2.86. The zero-order valence-electron chi connectivity index (χ0n) is 7.59. The van der Waals surface area contributed by atoms with Crippen LogP contribution in [0, 0.1) is 0 Å². The van der Waals surface area contributed by atoms with E-state index in [4.69, 9.17) is 10.2 Å². The molecule has 0 saturated carbocycles. The summed E-state index contributed by atoms with van der Waals surface area (Å²) >= 11 is 0. The summed E-state index contributed by atoms with van der Waals surface area (Å²) in [4.78, 5) is 2.85. The Balaban J connectivity index is 3.44. The molecule has 1 heterocycles. The van der Waals surface area contributed by atoms with Crippen molar-refractivity contribution in [2.45, 2.75) is 19.2 Å². The molecule has 0 atom stereocenters. The van der Waals surface area contributed by atoms with Crippen LogP contribution in [-0.4, -0.2) is 15.2 Å². The molecule has 0 aliphatic heterocycles. The molecule has 0 unspecified atom stereocenters. The molecule has 0 radical (unpaired) electrons. The zero-order valence-corrected chi connectivity index (χ0v) is 7.59. The lowest BCUT2D eigenvalue weighted by Crippen LogP contribution is -2.11. The first-order valence-electron chi connectivity index (χ1n) is 3.96. The van der Waals surface area contributed by atoms with Crippen molar-refractivity contribution in [1.29, 1.82) is 0 Å². The number of alkyl halides is 5. The predicted molar refractivity (Wildman–Crippen MR) is 41.8 cm³/mol. The van der Waals surface area contributed by atoms with E-state index >= 15 is 0 Å². The van der Waals surface area contributed by atoms with Crippen LogP contribution in [0.4, 0.5) is 22.0 Å². The van der Waals surface area contributed by atoms with Crippen LogP contribution in [0.25, 0.3) is 0 Å². The van der Waals surface area contributed by atoms with Crippen LogP contribution in [0.2, 0.25) is 0 Å². The van der Waals surface area contributed by atoms with Gasteiger partial charge in [-0.25, -0.2) is 13.8 Å². The zero-order chi connectivity index (χ0) is 12.5. The molecule has 3 nitrogen and oxygen atoms in total. The maximum Gasteiger partial charge on any atom is 0.437 e. The lowest BCUT2D eigenvalue weighted by Gasteiger charge is -2.12. The third-order valence-electron chi connectivity index (χ3n) is 1.74. The van der Waals surface area contributed by atoms with Gasteiger partial charge in [-0.05, 0) is 6.07 Å². The van der Waals surface area contributed by atoms with E-state index in [-0.39, 0.29) is 0 Å². The molecular formula is C8H6F5NO2. The lowest BCUT2D eigenvalue weighted by atomic mass is 10.1. The average molecular weight is 243 g/mol. The fraction of sp³-hybridized carbons (Fsp3) is 0.375. The topological polar surface area (TPSA) is 53.4 Å². The number of halogens is 5. The maximum atomic E-state index is 12.3. The summed E-state index contributed by atoms with van der Waals surface area (Å²) < 4.78 is 61.3. The van der Waals surface area contributed by atoms with Crippen LogP contribution in [0.1, 0.15) is 23.4 Å². The van der Waals surface area contributed by atoms with E-state index in [2.05, 4.69) is 4.98 Å². The van der Waals surface area contributed by atoms with Crippen molar-refractivity contribution >= 4 is 0 Å². The summed E-state index contributed by atoms with van der Waals surface area (Å²) in [6, 6.07) is 0.523. The minimum Gasteiger partial charge on any atom is -0.505 e. The number of hydrogen-bond acceptors (Lipinski definition) is 3. The number of nitrogens with zero attached hydrogens (tertiary/aromatic N) is 1. The van der Waals surface area contributed by atoms with Crippen LogP contribution in [0.5, 0.6) is 5.75 Å². The molecule has 0 spiro atoms. The highest BCUT2D eigenvalue weighted by molar-refractivity contribution is 5.40. The van der Waals surface area contributed by atoms with Crippen molar-refractivity contribution in [3.05, 3.63) is 23.0 Å². The molecule has 1 rings (SSSR count). The molecule has 0 aliphatic rings. The van der Waals surface area contributed by atoms with Gasteiger partial charge in [-0.3, -0.25) is 0 Å². The van der Waals surface area contributed by atoms with Gasteiger partial charge in [-0.1, -0.05) is 0 Å². The molecule has 1 aromatic heterocycles. The van der Waals surface area contributed by atoms with Gasteiger partial charge >= 0.3 is 6.18 Å². The molecule has 0 amide bonds. The van der Waals surface area contributed by atoms with Crippen LogP contribution >= 0.6 is 0 Å². The fourth-order valence-electron chi connectivity index (χ4n) is 1.06. The van der Waals surface area contributed by atoms with Gasteiger partial charge in [-0.2, -0.15) is 13.2 Å². The number of pyridine rings is 1. The highest BCUT2D eigenvalue weighted by Crippen LogP contribution is 2.39. The van der Waals surface area contributed by atoms with E-state index in [9.17, 15) is 22.0 Å². The summed E-state index contributed by atoms with van der Waals surface area (Å²) in [5, 5.41) is 17.5. The minimum atomic E-state index is -5.06. The fourth-order valence-corrected chi connectivity index (χ4v) is 1.06. The second kappa shape index (κ2) is 4.20. The lowest BCUT2D eigenvalue weighted by molar-refractivity contribution is -0.142.